The molecule has 0 aliphatic rings. The average Bonchev–Trinajstić information content (AvgIpc) is 2.34. The number of nitrogens with one attached hydrogen (secondary N) is 1. The van der Waals surface area contributed by atoms with E-state index in [4.69, 9.17) is 5.11 Å². The van der Waals surface area contributed by atoms with E-state index in [2.05, 4.69) is 49.2 Å². The number of aliphatic hydroxyl groups excluding tert-OH is 1. The molecule has 0 bridgehead atoms. The van der Waals surface area contributed by atoms with Crippen molar-refractivity contribution in [3.8, 4) is 0 Å². The first-order valence-corrected chi connectivity index (χ1v) is 6.39. The lowest BCUT2D eigenvalue weighted by molar-refractivity contribution is 0.302. The monoisotopic (exact) mass is 236 g/mol. The van der Waals surface area contributed by atoms with Crippen LogP contribution >= 0.6 is 0 Å². The molecule has 0 saturated heterocycles. The molecule has 0 aliphatic carbocycles. The third kappa shape index (κ3) is 4.02. The van der Waals surface area contributed by atoms with Gasteiger partial charge in [0.25, 0.3) is 0 Å². The Morgan fingerprint density at radius 1 is 1.29 bits per heavy atom. The van der Waals surface area contributed by atoms with Crippen LogP contribution in [0.15, 0.2) is 18.2 Å². The van der Waals surface area contributed by atoms with Gasteiger partial charge in [0, 0.05) is 25.3 Å². The maximum Gasteiger partial charge on any atom is 0.0606 e. The number of benzene rings is 1. The van der Waals surface area contributed by atoms with Gasteiger partial charge in [0.05, 0.1) is 6.61 Å². The molecule has 3 heteroatoms. The van der Waals surface area contributed by atoms with Gasteiger partial charge in [-0.15, -0.1) is 0 Å². The molecule has 0 saturated carbocycles. The minimum absolute atomic E-state index is 0.200. The summed E-state index contributed by atoms with van der Waals surface area (Å²) in [6.45, 7) is 10.1. The smallest absolute Gasteiger partial charge is 0.0606 e. The molecule has 0 radical (unpaired) electrons. The van der Waals surface area contributed by atoms with Gasteiger partial charge in [-0.25, -0.2) is 0 Å². The number of aliphatic hydroxyl groups is 1. The van der Waals surface area contributed by atoms with Crippen LogP contribution in [0.5, 0.6) is 0 Å². The highest BCUT2D eigenvalue weighted by atomic mass is 16.3. The minimum Gasteiger partial charge on any atom is -0.395 e. The largest absolute Gasteiger partial charge is 0.395 e. The maximum absolute atomic E-state index is 9.02. The van der Waals surface area contributed by atoms with E-state index in [1.807, 2.05) is 0 Å². The van der Waals surface area contributed by atoms with E-state index >= 15 is 0 Å². The first-order chi connectivity index (χ1) is 8.22. The highest BCUT2D eigenvalue weighted by Gasteiger charge is 2.05. The lowest BCUT2D eigenvalue weighted by Crippen LogP contribution is -2.26. The summed E-state index contributed by atoms with van der Waals surface area (Å²) in [4.78, 5) is 2.18. The number of hydrogen-bond acceptors (Lipinski definition) is 3. The highest BCUT2D eigenvalue weighted by Crippen LogP contribution is 2.19. The number of nitrogens with zero attached hydrogens (tertiary/aromatic N) is 1. The van der Waals surface area contributed by atoms with Crippen molar-refractivity contribution in [1.29, 1.82) is 0 Å². The van der Waals surface area contributed by atoms with Crippen LogP contribution in [0.1, 0.15) is 25.0 Å². The van der Waals surface area contributed by atoms with E-state index in [0.29, 0.717) is 6.54 Å². The number of aryl methyl sites for hydroxylation is 1. The normalized spacial score (nSPS) is 10.6. The molecule has 3 nitrogen and oxygen atoms in total. The van der Waals surface area contributed by atoms with Crippen LogP contribution in [0.2, 0.25) is 0 Å². The van der Waals surface area contributed by atoms with Gasteiger partial charge >= 0.3 is 0 Å². The van der Waals surface area contributed by atoms with E-state index in [9.17, 15) is 0 Å². The van der Waals surface area contributed by atoms with E-state index in [1.165, 1.54) is 16.8 Å². The zero-order chi connectivity index (χ0) is 12.7. The Morgan fingerprint density at radius 2 is 2.06 bits per heavy atom. The Balaban J connectivity index is 2.79. The van der Waals surface area contributed by atoms with Crippen LogP contribution in [0.25, 0.3) is 0 Å². The third-order valence-corrected chi connectivity index (χ3v) is 3.01. The van der Waals surface area contributed by atoms with Crippen LogP contribution in [0.4, 0.5) is 5.69 Å². The summed E-state index contributed by atoms with van der Waals surface area (Å²) >= 11 is 0. The second-order valence-electron chi connectivity index (χ2n) is 4.19. The Bertz CT molecular complexity index is 339. The number of hydrogen-bond donors (Lipinski definition) is 2. The van der Waals surface area contributed by atoms with E-state index in [-0.39, 0.29) is 6.61 Å². The molecule has 1 rings (SSSR count). The minimum atomic E-state index is 0.200. The van der Waals surface area contributed by atoms with Crippen molar-refractivity contribution >= 4 is 5.69 Å². The van der Waals surface area contributed by atoms with Gasteiger partial charge in [-0.3, -0.25) is 0 Å². The lowest BCUT2D eigenvalue weighted by Gasteiger charge is -2.23. The van der Waals surface area contributed by atoms with Crippen molar-refractivity contribution in [3.63, 3.8) is 0 Å². The van der Waals surface area contributed by atoms with Crippen molar-refractivity contribution < 1.29 is 5.11 Å². The molecule has 96 valence electrons. The van der Waals surface area contributed by atoms with E-state index in [0.717, 1.165) is 19.6 Å². The SMILES string of the molecule is CCNCc1ccc(N(CC)CCO)cc1C. The van der Waals surface area contributed by atoms with E-state index < -0.39 is 0 Å². The Kier molecular flexibility index (Phi) is 6.01. The molecule has 0 atom stereocenters. The second kappa shape index (κ2) is 7.30. The Labute approximate surface area is 104 Å². The van der Waals surface area contributed by atoms with Crippen molar-refractivity contribution in [3.05, 3.63) is 29.3 Å². The fraction of sp³-hybridized carbons (Fsp3) is 0.571. The van der Waals surface area contributed by atoms with Crippen LogP contribution in [-0.2, 0) is 6.54 Å². The molecule has 1 aromatic rings. The molecular formula is C14H24N2O. The zero-order valence-corrected chi connectivity index (χ0v) is 11.2. The van der Waals surface area contributed by atoms with E-state index in [1.54, 1.807) is 0 Å². The molecular weight excluding hydrogens is 212 g/mol. The predicted molar refractivity (Wildman–Crippen MR) is 73.5 cm³/mol. The summed E-state index contributed by atoms with van der Waals surface area (Å²) in [5.74, 6) is 0. The molecule has 0 heterocycles. The molecule has 17 heavy (non-hydrogen) atoms. The molecule has 0 fully saturated rings. The molecule has 0 aliphatic heterocycles. The second-order valence-corrected chi connectivity index (χ2v) is 4.19. The van der Waals surface area contributed by atoms with Gasteiger partial charge in [0.1, 0.15) is 0 Å². The van der Waals surface area contributed by atoms with Gasteiger partial charge in [0.15, 0.2) is 0 Å². The van der Waals surface area contributed by atoms with Crippen molar-refractivity contribution in [2.45, 2.75) is 27.3 Å². The fourth-order valence-corrected chi connectivity index (χ4v) is 1.93. The first-order valence-electron chi connectivity index (χ1n) is 6.39. The van der Waals surface area contributed by atoms with Crippen LogP contribution < -0.4 is 10.2 Å². The highest BCUT2D eigenvalue weighted by molar-refractivity contribution is 5.50. The third-order valence-electron chi connectivity index (χ3n) is 3.01. The van der Waals surface area contributed by atoms with Crippen LogP contribution in [0, 0.1) is 6.92 Å². The van der Waals surface area contributed by atoms with Crippen molar-refractivity contribution in [2.75, 3.05) is 31.1 Å². The van der Waals surface area contributed by atoms with Crippen molar-refractivity contribution in [1.82, 2.24) is 5.32 Å². The van der Waals surface area contributed by atoms with Gasteiger partial charge in [-0.2, -0.15) is 0 Å². The van der Waals surface area contributed by atoms with Crippen LogP contribution in [0.3, 0.4) is 0 Å². The molecule has 0 spiro atoms. The molecule has 2 N–H and O–H groups in total. The summed E-state index contributed by atoms with van der Waals surface area (Å²) in [5.41, 5.74) is 3.84. The number of likely N-dealkylation sites (N-methyl/N-ethyl adjacent to an activating group) is 1. The summed E-state index contributed by atoms with van der Waals surface area (Å²) in [7, 11) is 0. The number of anilines is 1. The Morgan fingerprint density at radius 3 is 2.59 bits per heavy atom. The average molecular weight is 236 g/mol. The molecule has 0 aromatic heterocycles. The van der Waals surface area contributed by atoms with Gasteiger partial charge in [0.2, 0.25) is 0 Å². The summed E-state index contributed by atoms with van der Waals surface area (Å²) < 4.78 is 0. The standard InChI is InChI=1S/C14H24N2O/c1-4-15-11-13-6-7-14(10-12(13)3)16(5-2)8-9-17/h6-7,10,15,17H,4-5,8-9,11H2,1-3H3. The molecule has 0 unspecified atom stereocenters. The Hall–Kier alpha value is -1.06. The topological polar surface area (TPSA) is 35.5 Å². The molecule has 0 amide bonds. The number of rotatable bonds is 7. The first kappa shape index (κ1) is 14.0. The summed E-state index contributed by atoms with van der Waals surface area (Å²) in [6.07, 6.45) is 0. The molecule has 1 aromatic carbocycles. The quantitative estimate of drug-likeness (QED) is 0.759. The van der Waals surface area contributed by atoms with Crippen molar-refractivity contribution in [2.24, 2.45) is 0 Å². The van der Waals surface area contributed by atoms with Gasteiger partial charge in [-0.1, -0.05) is 13.0 Å². The maximum atomic E-state index is 9.02. The van der Waals surface area contributed by atoms with Gasteiger partial charge < -0.3 is 15.3 Å². The zero-order valence-electron chi connectivity index (χ0n) is 11.2. The van der Waals surface area contributed by atoms with Crippen LogP contribution in [-0.4, -0.2) is 31.3 Å². The predicted octanol–water partition coefficient (Wildman–Crippen LogP) is 1.92. The fourth-order valence-electron chi connectivity index (χ4n) is 1.93. The summed E-state index contributed by atoms with van der Waals surface area (Å²) in [5, 5.41) is 12.4. The van der Waals surface area contributed by atoms with Gasteiger partial charge in [-0.05, 0) is 43.7 Å². The lowest BCUT2D eigenvalue weighted by atomic mass is 10.1. The summed E-state index contributed by atoms with van der Waals surface area (Å²) in [6, 6.07) is 6.51.